The molecule has 0 saturated heterocycles. The molecule has 1 N–H and O–H groups in total. The summed E-state index contributed by atoms with van der Waals surface area (Å²) in [6, 6.07) is 0.423. The van der Waals surface area contributed by atoms with Crippen molar-refractivity contribution in [2.45, 2.75) is 26.3 Å². The lowest BCUT2D eigenvalue weighted by atomic mass is 10.2. The summed E-state index contributed by atoms with van der Waals surface area (Å²) < 4.78 is 7.20. The summed E-state index contributed by atoms with van der Waals surface area (Å²) in [4.78, 5) is 4.25. The Labute approximate surface area is 85.3 Å². The molecule has 80 valence electrons. The van der Waals surface area contributed by atoms with E-state index in [-0.39, 0.29) is 0 Å². The van der Waals surface area contributed by atoms with E-state index in [9.17, 15) is 0 Å². The third-order valence-corrected chi connectivity index (χ3v) is 2.22. The normalized spacial score (nSPS) is 12.8. The van der Waals surface area contributed by atoms with Crippen molar-refractivity contribution < 1.29 is 4.74 Å². The van der Waals surface area contributed by atoms with Gasteiger partial charge in [0, 0.05) is 38.7 Å². The molecule has 4 nitrogen and oxygen atoms in total. The van der Waals surface area contributed by atoms with Gasteiger partial charge in [0.05, 0.1) is 0 Å². The highest BCUT2D eigenvalue weighted by Crippen LogP contribution is 2.16. The first-order valence-electron chi connectivity index (χ1n) is 5.05. The van der Waals surface area contributed by atoms with Gasteiger partial charge in [0.25, 0.3) is 0 Å². The molecule has 0 saturated carbocycles. The summed E-state index contributed by atoms with van der Waals surface area (Å²) in [5, 5.41) is 3.22. The van der Waals surface area contributed by atoms with Crippen molar-refractivity contribution in [3.63, 3.8) is 0 Å². The van der Waals surface area contributed by atoms with Gasteiger partial charge in [-0.25, -0.2) is 4.98 Å². The topological polar surface area (TPSA) is 39.1 Å². The Bertz CT molecular complexity index is 260. The third-order valence-electron chi connectivity index (χ3n) is 2.22. The minimum absolute atomic E-state index is 0.423. The second kappa shape index (κ2) is 5.65. The van der Waals surface area contributed by atoms with Crippen LogP contribution in [0.25, 0.3) is 0 Å². The van der Waals surface area contributed by atoms with Crippen molar-refractivity contribution in [2.75, 3.05) is 25.6 Å². The van der Waals surface area contributed by atoms with E-state index in [1.54, 1.807) is 7.11 Å². The summed E-state index contributed by atoms with van der Waals surface area (Å²) in [5.41, 5.74) is 0. The molecule has 1 atom stereocenters. The zero-order chi connectivity index (χ0) is 10.4. The number of aromatic nitrogens is 2. The highest BCUT2D eigenvalue weighted by Gasteiger charge is 2.08. The fraction of sp³-hybridized carbons (Fsp3) is 0.700. The van der Waals surface area contributed by atoms with Crippen LogP contribution in [0.4, 0.5) is 5.95 Å². The van der Waals surface area contributed by atoms with E-state index in [1.165, 1.54) is 0 Å². The smallest absolute Gasteiger partial charge is 0.203 e. The van der Waals surface area contributed by atoms with Crippen LogP contribution in [-0.2, 0) is 4.74 Å². The summed E-state index contributed by atoms with van der Waals surface area (Å²) in [6.07, 6.45) is 4.82. The predicted molar refractivity (Wildman–Crippen MR) is 57.6 cm³/mol. The summed E-state index contributed by atoms with van der Waals surface area (Å²) in [7, 11) is 1.73. The van der Waals surface area contributed by atoms with Gasteiger partial charge in [0.15, 0.2) is 0 Å². The lowest BCUT2D eigenvalue weighted by Gasteiger charge is -2.15. The molecule has 0 aromatic carbocycles. The molecular formula is C10H19N3O. The fourth-order valence-corrected chi connectivity index (χ4v) is 1.39. The number of nitrogens with zero attached hydrogens (tertiary/aromatic N) is 2. The maximum Gasteiger partial charge on any atom is 0.203 e. The van der Waals surface area contributed by atoms with E-state index >= 15 is 0 Å². The number of hydrogen-bond donors (Lipinski definition) is 1. The van der Waals surface area contributed by atoms with Gasteiger partial charge in [-0.15, -0.1) is 0 Å². The van der Waals surface area contributed by atoms with E-state index in [0.29, 0.717) is 6.04 Å². The molecule has 0 radical (unpaired) electrons. The molecule has 0 amide bonds. The Morgan fingerprint density at radius 1 is 1.64 bits per heavy atom. The minimum atomic E-state index is 0.423. The van der Waals surface area contributed by atoms with Crippen LogP contribution in [-0.4, -0.2) is 29.8 Å². The van der Waals surface area contributed by atoms with Crippen molar-refractivity contribution in [1.82, 2.24) is 9.55 Å². The van der Waals surface area contributed by atoms with Crippen LogP contribution in [0.15, 0.2) is 12.4 Å². The average molecular weight is 197 g/mol. The molecule has 0 aliphatic carbocycles. The SMILES string of the molecule is CCNc1nccn1C(C)CCOC. The van der Waals surface area contributed by atoms with E-state index in [0.717, 1.165) is 25.5 Å². The lowest BCUT2D eigenvalue weighted by molar-refractivity contribution is 0.181. The number of methoxy groups -OCH3 is 1. The molecule has 1 aromatic heterocycles. The Balaban J connectivity index is 2.58. The van der Waals surface area contributed by atoms with Crippen LogP contribution < -0.4 is 5.32 Å². The highest BCUT2D eigenvalue weighted by molar-refractivity contribution is 5.26. The molecule has 0 fully saturated rings. The molecule has 1 aromatic rings. The highest BCUT2D eigenvalue weighted by atomic mass is 16.5. The summed E-state index contributed by atoms with van der Waals surface area (Å²) in [5.74, 6) is 0.941. The molecule has 1 heterocycles. The second-order valence-electron chi connectivity index (χ2n) is 3.32. The van der Waals surface area contributed by atoms with E-state index in [4.69, 9.17) is 4.74 Å². The number of nitrogens with one attached hydrogen (secondary N) is 1. The summed E-state index contributed by atoms with van der Waals surface area (Å²) >= 11 is 0. The van der Waals surface area contributed by atoms with Gasteiger partial charge in [-0.2, -0.15) is 0 Å². The van der Waals surface area contributed by atoms with Crippen LogP contribution in [0.1, 0.15) is 26.3 Å². The Morgan fingerprint density at radius 3 is 3.07 bits per heavy atom. The molecule has 1 rings (SSSR count). The molecule has 4 heteroatoms. The maximum atomic E-state index is 5.06. The number of ether oxygens (including phenoxy) is 1. The number of hydrogen-bond acceptors (Lipinski definition) is 3. The van der Waals surface area contributed by atoms with Gasteiger partial charge >= 0.3 is 0 Å². The van der Waals surface area contributed by atoms with E-state index in [2.05, 4.69) is 28.7 Å². The second-order valence-corrected chi connectivity index (χ2v) is 3.32. The van der Waals surface area contributed by atoms with Gasteiger partial charge in [-0.05, 0) is 20.3 Å². The zero-order valence-electron chi connectivity index (χ0n) is 9.16. The summed E-state index contributed by atoms with van der Waals surface area (Å²) in [6.45, 7) is 5.92. The maximum absolute atomic E-state index is 5.06. The quantitative estimate of drug-likeness (QED) is 0.757. The first-order valence-corrected chi connectivity index (χ1v) is 5.05. The van der Waals surface area contributed by atoms with Gasteiger partial charge in [0.2, 0.25) is 5.95 Å². The molecule has 0 aliphatic rings. The minimum Gasteiger partial charge on any atom is -0.385 e. The molecule has 0 aliphatic heterocycles. The molecular weight excluding hydrogens is 178 g/mol. The Morgan fingerprint density at radius 2 is 2.43 bits per heavy atom. The monoisotopic (exact) mass is 197 g/mol. The fourth-order valence-electron chi connectivity index (χ4n) is 1.39. The van der Waals surface area contributed by atoms with Gasteiger partial charge < -0.3 is 14.6 Å². The molecule has 14 heavy (non-hydrogen) atoms. The number of imidazole rings is 1. The number of rotatable bonds is 6. The third kappa shape index (κ3) is 2.73. The van der Waals surface area contributed by atoms with E-state index in [1.807, 2.05) is 12.4 Å². The predicted octanol–water partition coefficient (Wildman–Crippen LogP) is 1.91. The Kier molecular flexibility index (Phi) is 4.46. The van der Waals surface area contributed by atoms with Crippen molar-refractivity contribution in [3.8, 4) is 0 Å². The van der Waals surface area contributed by atoms with Gasteiger partial charge in [-0.3, -0.25) is 0 Å². The lowest BCUT2D eigenvalue weighted by Crippen LogP contribution is -2.11. The first kappa shape index (κ1) is 11.0. The van der Waals surface area contributed by atoms with Crippen LogP contribution in [0.2, 0.25) is 0 Å². The van der Waals surface area contributed by atoms with Gasteiger partial charge in [0.1, 0.15) is 0 Å². The largest absolute Gasteiger partial charge is 0.385 e. The average Bonchev–Trinajstić information content (AvgIpc) is 2.63. The van der Waals surface area contributed by atoms with Crippen LogP contribution >= 0.6 is 0 Å². The van der Waals surface area contributed by atoms with Gasteiger partial charge in [-0.1, -0.05) is 0 Å². The van der Waals surface area contributed by atoms with Crippen LogP contribution in [0.5, 0.6) is 0 Å². The van der Waals surface area contributed by atoms with Crippen molar-refractivity contribution >= 4 is 5.95 Å². The Hall–Kier alpha value is -1.03. The van der Waals surface area contributed by atoms with Crippen LogP contribution in [0, 0.1) is 0 Å². The van der Waals surface area contributed by atoms with Crippen LogP contribution in [0.3, 0.4) is 0 Å². The van der Waals surface area contributed by atoms with Crippen molar-refractivity contribution in [2.24, 2.45) is 0 Å². The number of anilines is 1. The molecule has 0 bridgehead atoms. The molecule has 1 unspecified atom stereocenters. The first-order chi connectivity index (χ1) is 6.79. The van der Waals surface area contributed by atoms with E-state index < -0.39 is 0 Å². The molecule has 0 spiro atoms. The zero-order valence-corrected chi connectivity index (χ0v) is 9.16. The standard InChI is InChI=1S/C10H19N3O/c1-4-11-10-12-6-7-13(10)9(2)5-8-14-3/h6-7,9H,4-5,8H2,1-3H3,(H,11,12). The van der Waals surface area contributed by atoms with Crippen molar-refractivity contribution in [3.05, 3.63) is 12.4 Å². The van der Waals surface area contributed by atoms with Crippen molar-refractivity contribution in [1.29, 1.82) is 0 Å².